The summed E-state index contributed by atoms with van der Waals surface area (Å²) in [5.41, 5.74) is 0.316. The molecule has 0 aliphatic heterocycles. The van der Waals surface area contributed by atoms with Crippen LogP contribution < -0.4 is 5.56 Å². The highest BCUT2D eigenvalue weighted by atomic mass is 19.1. The average molecular weight is 247 g/mol. The van der Waals surface area contributed by atoms with E-state index in [9.17, 15) is 14.0 Å². The van der Waals surface area contributed by atoms with Gasteiger partial charge >= 0.3 is 5.97 Å². The summed E-state index contributed by atoms with van der Waals surface area (Å²) in [4.78, 5) is 22.3. The van der Waals surface area contributed by atoms with Gasteiger partial charge in [-0.1, -0.05) is 12.1 Å². The molecule has 2 rings (SSSR count). The Kier molecular flexibility index (Phi) is 3.23. The number of pyridine rings is 1. The van der Waals surface area contributed by atoms with Crippen LogP contribution in [0.2, 0.25) is 0 Å². The summed E-state index contributed by atoms with van der Waals surface area (Å²) in [6, 6.07) is 8.19. The lowest BCUT2D eigenvalue weighted by Crippen LogP contribution is -2.20. The van der Waals surface area contributed by atoms with E-state index < -0.39 is 11.5 Å². The summed E-state index contributed by atoms with van der Waals surface area (Å²) in [5, 5.41) is 8.73. The van der Waals surface area contributed by atoms with Gasteiger partial charge in [-0.2, -0.15) is 0 Å². The number of carbonyl (C=O) groups is 1. The molecule has 4 nitrogen and oxygen atoms in total. The fourth-order valence-corrected chi connectivity index (χ4v) is 1.56. The number of aromatic carboxylic acids is 1. The van der Waals surface area contributed by atoms with E-state index in [-0.39, 0.29) is 17.9 Å². The van der Waals surface area contributed by atoms with Gasteiger partial charge in [0, 0.05) is 12.3 Å². The lowest BCUT2D eigenvalue weighted by Gasteiger charge is -2.05. The summed E-state index contributed by atoms with van der Waals surface area (Å²) in [6.07, 6.45) is 1.41. The van der Waals surface area contributed by atoms with Crippen molar-refractivity contribution in [3.63, 3.8) is 0 Å². The number of carboxylic acids is 1. The Morgan fingerprint density at radius 3 is 2.44 bits per heavy atom. The average Bonchev–Trinajstić information content (AvgIpc) is 2.34. The second-order valence-electron chi connectivity index (χ2n) is 3.81. The molecular formula is C13H10FNO3. The van der Waals surface area contributed by atoms with Gasteiger partial charge in [0.1, 0.15) is 5.82 Å². The smallest absolute Gasteiger partial charge is 0.335 e. The highest BCUT2D eigenvalue weighted by molar-refractivity contribution is 5.87. The monoisotopic (exact) mass is 247 g/mol. The van der Waals surface area contributed by atoms with Crippen LogP contribution >= 0.6 is 0 Å². The molecule has 1 aromatic heterocycles. The molecule has 5 heteroatoms. The Hall–Kier alpha value is -2.43. The van der Waals surface area contributed by atoms with Gasteiger partial charge in [0.2, 0.25) is 0 Å². The lowest BCUT2D eigenvalue weighted by molar-refractivity contribution is 0.0696. The summed E-state index contributed by atoms with van der Waals surface area (Å²) in [6.45, 7) is 0.277. The number of aromatic nitrogens is 1. The first kappa shape index (κ1) is 12.0. The first-order valence-electron chi connectivity index (χ1n) is 5.24. The molecule has 0 aliphatic rings. The number of halogens is 1. The van der Waals surface area contributed by atoms with Crippen molar-refractivity contribution in [3.05, 3.63) is 69.9 Å². The van der Waals surface area contributed by atoms with E-state index in [0.29, 0.717) is 0 Å². The van der Waals surface area contributed by atoms with Crippen molar-refractivity contribution in [2.24, 2.45) is 0 Å². The van der Waals surface area contributed by atoms with E-state index >= 15 is 0 Å². The van der Waals surface area contributed by atoms with Crippen molar-refractivity contribution >= 4 is 5.97 Å². The minimum atomic E-state index is -1.14. The second-order valence-corrected chi connectivity index (χ2v) is 3.81. The zero-order valence-corrected chi connectivity index (χ0v) is 9.34. The van der Waals surface area contributed by atoms with Crippen LogP contribution in [0.25, 0.3) is 0 Å². The maximum absolute atomic E-state index is 12.7. The molecule has 92 valence electrons. The minimum absolute atomic E-state index is 0.0460. The molecule has 0 aliphatic carbocycles. The molecule has 0 radical (unpaired) electrons. The van der Waals surface area contributed by atoms with Crippen molar-refractivity contribution in [1.29, 1.82) is 0 Å². The zero-order valence-electron chi connectivity index (χ0n) is 9.34. The Labute approximate surface area is 102 Å². The maximum Gasteiger partial charge on any atom is 0.335 e. The topological polar surface area (TPSA) is 59.3 Å². The van der Waals surface area contributed by atoms with Crippen LogP contribution in [-0.4, -0.2) is 15.6 Å². The molecule has 0 amide bonds. The Morgan fingerprint density at radius 2 is 1.89 bits per heavy atom. The number of carboxylic acid groups (broad SMARTS) is 1. The molecular weight excluding hydrogens is 237 g/mol. The SMILES string of the molecule is O=C(O)c1ccn(Cc2ccc(F)cc2)c(=O)c1. The third-order valence-electron chi connectivity index (χ3n) is 2.51. The van der Waals surface area contributed by atoms with Crippen molar-refractivity contribution in [2.75, 3.05) is 0 Å². The largest absolute Gasteiger partial charge is 0.478 e. The molecule has 0 spiro atoms. The van der Waals surface area contributed by atoms with E-state index in [1.165, 1.54) is 29.0 Å². The number of hydrogen-bond acceptors (Lipinski definition) is 2. The summed E-state index contributed by atoms with van der Waals surface area (Å²) in [5.74, 6) is -1.48. The molecule has 0 bridgehead atoms. The number of nitrogens with zero attached hydrogens (tertiary/aromatic N) is 1. The van der Waals surface area contributed by atoms with E-state index in [0.717, 1.165) is 11.6 Å². The van der Waals surface area contributed by atoms with E-state index in [1.54, 1.807) is 12.1 Å². The van der Waals surface area contributed by atoms with Crippen LogP contribution in [0.4, 0.5) is 4.39 Å². The quantitative estimate of drug-likeness (QED) is 0.898. The normalized spacial score (nSPS) is 10.3. The van der Waals surface area contributed by atoms with Gasteiger partial charge in [-0.3, -0.25) is 4.79 Å². The standard InChI is InChI=1S/C13H10FNO3/c14-11-3-1-9(2-4-11)8-15-6-5-10(13(17)18)7-12(15)16/h1-7H,8H2,(H,17,18). The summed E-state index contributed by atoms with van der Waals surface area (Å²) in [7, 11) is 0. The molecule has 0 unspecified atom stereocenters. The van der Waals surface area contributed by atoms with Gasteiger partial charge in [0.15, 0.2) is 0 Å². The Bertz CT molecular complexity index is 631. The third-order valence-corrected chi connectivity index (χ3v) is 2.51. The first-order chi connectivity index (χ1) is 8.56. The van der Waals surface area contributed by atoms with E-state index in [4.69, 9.17) is 5.11 Å². The van der Waals surface area contributed by atoms with Gasteiger partial charge in [0.05, 0.1) is 12.1 Å². The van der Waals surface area contributed by atoms with Crippen molar-refractivity contribution in [3.8, 4) is 0 Å². The third kappa shape index (κ3) is 2.63. The van der Waals surface area contributed by atoms with Crippen LogP contribution in [0.5, 0.6) is 0 Å². The van der Waals surface area contributed by atoms with Crippen molar-refractivity contribution in [2.45, 2.75) is 6.54 Å². The van der Waals surface area contributed by atoms with Gasteiger partial charge < -0.3 is 9.67 Å². The lowest BCUT2D eigenvalue weighted by atomic mass is 10.2. The summed E-state index contributed by atoms with van der Waals surface area (Å²) >= 11 is 0. The molecule has 0 saturated carbocycles. The van der Waals surface area contributed by atoms with Crippen LogP contribution in [-0.2, 0) is 6.54 Å². The molecule has 1 aromatic carbocycles. The molecule has 0 saturated heterocycles. The fraction of sp³-hybridized carbons (Fsp3) is 0.0769. The second kappa shape index (κ2) is 4.83. The number of hydrogen-bond donors (Lipinski definition) is 1. The van der Waals surface area contributed by atoms with Crippen LogP contribution in [0.3, 0.4) is 0 Å². The highest BCUT2D eigenvalue weighted by Gasteiger charge is 2.05. The molecule has 18 heavy (non-hydrogen) atoms. The zero-order chi connectivity index (χ0) is 13.1. The predicted octanol–water partition coefficient (Wildman–Crippen LogP) is 1.73. The molecule has 2 aromatic rings. The Morgan fingerprint density at radius 1 is 1.22 bits per heavy atom. The van der Waals surface area contributed by atoms with Crippen molar-refractivity contribution < 1.29 is 14.3 Å². The van der Waals surface area contributed by atoms with Gasteiger partial charge in [0.25, 0.3) is 5.56 Å². The maximum atomic E-state index is 12.7. The van der Waals surface area contributed by atoms with Gasteiger partial charge in [-0.15, -0.1) is 0 Å². The number of benzene rings is 1. The highest BCUT2D eigenvalue weighted by Crippen LogP contribution is 2.04. The molecule has 1 heterocycles. The minimum Gasteiger partial charge on any atom is -0.478 e. The van der Waals surface area contributed by atoms with Crippen LogP contribution in [0, 0.1) is 5.82 Å². The van der Waals surface area contributed by atoms with Gasteiger partial charge in [-0.25, -0.2) is 9.18 Å². The van der Waals surface area contributed by atoms with E-state index in [1.807, 2.05) is 0 Å². The Balaban J connectivity index is 2.27. The fourth-order valence-electron chi connectivity index (χ4n) is 1.56. The molecule has 0 fully saturated rings. The first-order valence-corrected chi connectivity index (χ1v) is 5.24. The van der Waals surface area contributed by atoms with Crippen molar-refractivity contribution in [1.82, 2.24) is 4.57 Å². The van der Waals surface area contributed by atoms with Gasteiger partial charge in [-0.05, 0) is 23.8 Å². The van der Waals surface area contributed by atoms with E-state index in [2.05, 4.69) is 0 Å². The molecule has 1 N–H and O–H groups in total. The molecule has 0 atom stereocenters. The summed E-state index contributed by atoms with van der Waals surface area (Å²) < 4.78 is 14.1. The van der Waals surface area contributed by atoms with Crippen LogP contribution in [0.1, 0.15) is 15.9 Å². The predicted molar refractivity (Wildman–Crippen MR) is 63.2 cm³/mol. The van der Waals surface area contributed by atoms with Crippen LogP contribution in [0.15, 0.2) is 47.4 Å². The number of rotatable bonds is 3.